The minimum absolute atomic E-state index is 0. The van der Waals surface area contributed by atoms with E-state index in [-0.39, 0.29) is 104 Å². The molecular weight excluding hydrogens is 953 g/mol. The zero-order valence-corrected chi connectivity index (χ0v) is 34.7. The molecule has 2 N–H and O–H groups in total. The molecule has 1 radical (unpaired) electrons. The van der Waals surface area contributed by atoms with Crippen LogP contribution in [0.15, 0.2) is 92.4 Å². The van der Waals surface area contributed by atoms with Gasteiger partial charge in [0, 0.05) is 103 Å². The van der Waals surface area contributed by atoms with Crippen molar-refractivity contribution in [3.63, 3.8) is 0 Å². The Bertz CT molecular complexity index is 3390. The molecule has 3 aromatic heterocycles. The normalized spacial score (nSPS) is 13.0. The molecule has 291 valence electrons. The number of halogens is 4. The van der Waals surface area contributed by atoms with Gasteiger partial charge in [0.1, 0.15) is 22.6 Å². The van der Waals surface area contributed by atoms with E-state index in [9.17, 15) is 33.7 Å². The summed E-state index contributed by atoms with van der Waals surface area (Å²) in [7, 11) is 5.91. The SMILES string of the molecule is O=S(=O)(Cl)c1ccc2c(c1)-c1nc-2nc2[nH]c(nc3nc(nc4[nH]c(n1)c1ccc(S(=O)(=O)Cl)cc41)-c1ccc(S(=O)(=O)Cl)cc1-3)c1ccc(S(=O)(=O)Cl)cc21.[Co]. The number of aromatic amines is 2. The van der Waals surface area contributed by atoms with Crippen LogP contribution < -0.4 is 0 Å². The minimum Gasteiger partial charge on any atom is -0.324 e. The van der Waals surface area contributed by atoms with Crippen molar-refractivity contribution >= 4 is 123 Å². The Morgan fingerprint density at radius 3 is 0.965 bits per heavy atom. The second-order valence-electron chi connectivity index (χ2n) is 12.2. The summed E-state index contributed by atoms with van der Waals surface area (Å²) in [6.45, 7) is 0. The molecule has 2 aliphatic rings. The Morgan fingerprint density at radius 1 is 0.351 bits per heavy atom. The van der Waals surface area contributed by atoms with Gasteiger partial charge in [-0.25, -0.2) is 63.6 Å². The smallest absolute Gasteiger partial charge is 0.261 e. The van der Waals surface area contributed by atoms with Crippen molar-refractivity contribution in [1.29, 1.82) is 0 Å². The molecule has 4 aromatic carbocycles. The molecule has 0 atom stereocenters. The molecule has 57 heavy (non-hydrogen) atoms. The van der Waals surface area contributed by atoms with Gasteiger partial charge in [-0.05, 0) is 72.8 Å². The molecule has 0 aliphatic carbocycles. The first-order valence-corrected chi connectivity index (χ1v) is 24.6. The summed E-state index contributed by atoms with van der Waals surface area (Å²) in [6.07, 6.45) is 0. The summed E-state index contributed by atoms with van der Waals surface area (Å²) in [4.78, 5) is 33.2. The third-order valence-electron chi connectivity index (χ3n) is 8.84. The maximum Gasteiger partial charge on any atom is 0.261 e. The molecule has 0 saturated heterocycles. The van der Waals surface area contributed by atoms with E-state index in [1.54, 1.807) is 0 Å². The fraction of sp³-hybridized carbons (Fsp3) is 0. The average molecular weight is 968 g/mol. The maximum atomic E-state index is 12.4. The molecule has 0 spiro atoms. The summed E-state index contributed by atoms with van der Waals surface area (Å²) >= 11 is 0. The van der Waals surface area contributed by atoms with Crippen molar-refractivity contribution in [2.75, 3.05) is 0 Å². The van der Waals surface area contributed by atoms with Crippen molar-refractivity contribution in [3.05, 3.63) is 72.8 Å². The van der Waals surface area contributed by atoms with E-state index in [0.29, 0.717) is 21.9 Å². The van der Waals surface area contributed by atoms with Crippen LogP contribution in [0, 0.1) is 0 Å². The molecule has 8 bridgehead atoms. The van der Waals surface area contributed by atoms with Crippen LogP contribution in [-0.4, -0.2) is 73.5 Å². The van der Waals surface area contributed by atoms with Gasteiger partial charge in [0.15, 0.2) is 23.3 Å². The first-order chi connectivity index (χ1) is 26.2. The molecule has 7 aromatic rings. The van der Waals surface area contributed by atoms with Crippen molar-refractivity contribution in [3.8, 4) is 45.6 Å². The van der Waals surface area contributed by atoms with Gasteiger partial charge in [-0.15, -0.1) is 0 Å². The molecule has 0 fully saturated rings. The van der Waals surface area contributed by atoms with Crippen LogP contribution in [0.5, 0.6) is 0 Å². The first-order valence-electron chi connectivity index (χ1n) is 15.4. The van der Waals surface area contributed by atoms with Gasteiger partial charge < -0.3 is 9.97 Å². The summed E-state index contributed by atoms with van der Waals surface area (Å²) in [5.41, 5.74) is 1.26. The van der Waals surface area contributed by atoms with Gasteiger partial charge >= 0.3 is 0 Å². The third-order valence-corrected chi connectivity index (χ3v) is 14.2. The average Bonchev–Trinajstić information content (AvgIpc) is 3.84. The Labute approximate surface area is 348 Å². The Kier molecular flexibility index (Phi) is 9.27. The van der Waals surface area contributed by atoms with Crippen molar-refractivity contribution in [1.82, 2.24) is 39.9 Å². The second-order valence-corrected chi connectivity index (χ2v) is 22.5. The zero-order chi connectivity index (χ0) is 39.7. The third kappa shape index (κ3) is 6.94. The summed E-state index contributed by atoms with van der Waals surface area (Å²) in [5, 5.41) is 1.11. The molecule has 0 unspecified atom stereocenters. The molecule has 5 heterocycles. The van der Waals surface area contributed by atoms with E-state index >= 15 is 0 Å². The number of nitrogens with zero attached hydrogens (tertiary/aromatic N) is 6. The molecule has 16 nitrogen and oxygen atoms in total. The van der Waals surface area contributed by atoms with Crippen LogP contribution in [0.4, 0.5) is 0 Å². The zero-order valence-electron chi connectivity index (χ0n) is 27.4. The van der Waals surface area contributed by atoms with Gasteiger partial charge in [-0.1, -0.05) is 0 Å². The number of benzene rings is 4. The van der Waals surface area contributed by atoms with E-state index in [1.807, 2.05) is 0 Å². The summed E-state index contributed by atoms with van der Waals surface area (Å²) < 4.78 is 99.3. The van der Waals surface area contributed by atoms with E-state index in [0.717, 1.165) is 0 Å². The minimum atomic E-state index is -4.24. The fourth-order valence-corrected chi connectivity index (χ4v) is 9.43. The standard InChI is InChI=1S/C32H14Cl4N8O8S4.Co/c33-53(45,46)13-1-5-17-21(9-13)29-37-25(17)41-30-22-10-14(54(34,47)48)2-6-18(22)27(38-30)43-32-24-12-16(56(36,51)52)4-8-20(24)28(40-32)44-31-23-11-15(55(35,49)50)3-7-19(23)26(39-31)42-29;/h1-12H,(H2,37,38,39,40,41,42,43,44);. The molecule has 0 saturated carbocycles. The van der Waals surface area contributed by atoms with Crippen LogP contribution >= 0.6 is 42.7 Å². The molecule has 9 rings (SSSR count). The second kappa shape index (κ2) is 13.4. The number of fused-ring (bicyclic) bond motifs is 20. The number of H-pyrrole nitrogens is 2. The van der Waals surface area contributed by atoms with Crippen LogP contribution in [0.2, 0.25) is 0 Å². The van der Waals surface area contributed by atoms with Crippen LogP contribution in [0.1, 0.15) is 0 Å². The fourth-order valence-electron chi connectivity index (χ4n) is 6.32. The predicted octanol–water partition coefficient (Wildman–Crippen LogP) is 6.58. The Balaban J connectivity index is 0.00000455. The molecule has 25 heteroatoms. The molecule has 0 amide bonds. The number of hydrogen-bond acceptors (Lipinski definition) is 14. The topological polar surface area (TPSA) is 245 Å². The largest absolute Gasteiger partial charge is 0.324 e. The Hall–Kier alpha value is -4.29. The summed E-state index contributed by atoms with van der Waals surface area (Å²) in [5.74, 6) is -0.0812. The quantitative estimate of drug-likeness (QED) is 0.177. The van der Waals surface area contributed by atoms with Crippen LogP contribution in [-0.2, 0) is 53.0 Å². The van der Waals surface area contributed by atoms with Crippen LogP contribution in [0.3, 0.4) is 0 Å². The van der Waals surface area contributed by atoms with Crippen LogP contribution in [0.25, 0.3) is 89.7 Å². The molecular formula is C32H14Cl4CoN8O8S4. The number of aromatic nitrogens is 8. The van der Waals surface area contributed by atoms with E-state index in [1.165, 1.54) is 72.8 Å². The van der Waals surface area contributed by atoms with Gasteiger partial charge in [0.05, 0.1) is 19.6 Å². The monoisotopic (exact) mass is 965 g/mol. The number of nitrogens with one attached hydrogen (secondary N) is 2. The predicted molar refractivity (Wildman–Crippen MR) is 208 cm³/mol. The van der Waals surface area contributed by atoms with E-state index in [2.05, 4.69) is 19.9 Å². The Morgan fingerprint density at radius 2 is 0.632 bits per heavy atom. The number of hydrogen-bond donors (Lipinski definition) is 2. The van der Waals surface area contributed by atoms with E-state index in [4.69, 9.17) is 62.7 Å². The van der Waals surface area contributed by atoms with Crippen molar-refractivity contribution in [2.45, 2.75) is 19.6 Å². The van der Waals surface area contributed by atoms with Gasteiger partial charge in [-0.3, -0.25) is 0 Å². The van der Waals surface area contributed by atoms with E-state index < -0.39 is 36.2 Å². The van der Waals surface area contributed by atoms with Gasteiger partial charge in [0.2, 0.25) is 0 Å². The maximum absolute atomic E-state index is 12.4. The van der Waals surface area contributed by atoms with Gasteiger partial charge in [0.25, 0.3) is 36.2 Å². The number of rotatable bonds is 4. The summed E-state index contributed by atoms with van der Waals surface area (Å²) in [6, 6.07) is 15.8. The first kappa shape index (κ1) is 39.5. The van der Waals surface area contributed by atoms with Gasteiger partial charge in [-0.2, -0.15) is 0 Å². The van der Waals surface area contributed by atoms with Crippen molar-refractivity contribution in [2.24, 2.45) is 0 Å². The molecule has 2 aliphatic heterocycles. The van der Waals surface area contributed by atoms with Crippen molar-refractivity contribution < 1.29 is 50.4 Å².